The van der Waals surface area contributed by atoms with Crippen LogP contribution in [0.4, 0.5) is 0 Å². The van der Waals surface area contributed by atoms with Crippen LogP contribution in [0.25, 0.3) is 0 Å². The Morgan fingerprint density at radius 3 is 2.62 bits per heavy atom. The number of nitrogens with zero attached hydrogens (tertiary/aromatic N) is 1. The molecule has 0 aromatic heterocycles. The fourth-order valence-electron chi connectivity index (χ4n) is 3.10. The van der Waals surface area contributed by atoms with Crippen molar-refractivity contribution in [1.29, 1.82) is 0 Å². The monoisotopic (exact) mass is 382 g/mol. The minimum atomic E-state index is 0.00232. The molecule has 6 heteroatoms. The Morgan fingerprint density at radius 1 is 1.35 bits per heavy atom. The van der Waals surface area contributed by atoms with E-state index in [0.717, 1.165) is 39.0 Å². The average Bonchev–Trinajstić information content (AvgIpc) is 2.64. The van der Waals surface area contributed by atoms with E-state index in [0.29, 0.717) is 40.5 Å². The molecule has 1 aliphatic heterocycles. The molecule has 1 saturated heterocycles. The van der Waals surface area contributed by atoms with Gasteiger partial charge in [0.25, 0.3) is 5.91 Å². The van der Waals surface area contributed by atoms with Gasteiger partial charge in [-0.25, -0.2) is 0 Å². The largest absolute Gasteiger partial charge is 0.493 e. The number of hydrogen-bond donors (Lipinski definition) is 1. The molecule has 0 bridgehead atoms. The van der Waals surface area contributed by atoms with Crippen LogP contribution in [0.3, 0.4) is 0 Å². The first-order valence-corrected chi connectivity index (χ1v) is 9.84. The lowest BCUT2D eigenvalue weighted by atomic mass is 9.96. The Labute approximate surface area is 162 Å². The lowest BCUT2D eigenvalue weighted by Gasteiger charge is -2.32. The molecule has 0 spiro atoms. The van der Waals surface area contributed by atoms with Crippen molar-refractivity contribution >= 4 is 17.5 Å². The molecule has 0 saturated carbocycles. The van der Waals surface area contributed by atoms with Crippen LogP contribution in [0.1, 0.15) is 44.0 Å². The fourth-order valence-corrected chi connectivity index (χ4v) is 3.37. The van der Waals surface area contributed by atoms with Crippen LogP contribution >= 0.6 is 11.6 Å². The average molecular weight is 383 g/mol. The summed E-state index contributed by atoms with van der Waals surface area (Å²) in [5.41, 5.74) is 0.550. The smallest absolute Gasteiger partial charge is 0.254 e. The van der Waals surface area contributed by atoms with Crippen molar-refractivity contribution in [2.45, 2.75) is 33.6 Å². The molecular formula is C20H31ClN2O3. The molecule has 1 heterocycles. The molecule has 1 aromatic carbocycles. The highest BCUT2D eigenvalue weighted by Gasteiger charge is 2.25. The third kappa shape index (κ3) is 5.52. The van der Waals surface area contributed by atoms with Gasteiger partial charge >= 0.3 is 0 Å². The van der Waals surface area contributed by atoms with E-state index in [2.05, 4.69) is 26.1 Å². The Kier molecular flexibility index (Phi) is 8.04. The SMILES string of the molecule is CCNCC1CCN(C(=O)c2cc(Cl)c(OCC(C)C)c(OC)c2)CC1. The fraction of sp³-hybridized carbons (Fsp3) is 0.650. The van der Waals surface area contributed by atoms with Crippen LogP contribution in [-0.4, -0.2) is 50.7 Å². The summed E-state index contributed by atoms with van der Waals surface area (Å²) in [5, 5.41) is 3.80. The van der Waals surface area contributed by atoms with Crippen LogP contribution < -0.4 is 14.8 Å². The van der Waals surface area contributed by atoms with Gasteiger partial charge in [0.05, 0.1) is 18.7 Å². The van der Waals surface area contributed by atoms with E-state index in [1.807, 2.05) is 4.90 Å². The van der Waals surface area contributed by atoms with Gasteiger partial charge in [0.1, 0.15) is 0 Å². The molecule has 1 amide bonds. The summed E-state index contributed by atoms with van der Waals surface area (Å²) in [4.78, 5) is 14.8. The standard InChI is InChI=1S/C20H31ClN2O3/c1-5-22-12-15-6-8-23(9-7-15)20(24)16-10-17(21)19(18(11-16)25-4)26-13-14(2)3/h10-11,14-15,22H,5-9,12-13H2,1-4H3. The number of hydrogen-bond acceptors (Lipinski definition) is 4. The molecule has 0 atom stereocenters. The molecule has 0 radical (unpaired) electrons. The highest BCUT2D eigenvalue weighted by Crippen LogP contribution is 2.37. The van der Waals surface area contributed by atoms with Crippen LogP contribution in [0, 0.1) is 11.8 Å². The van der Waals surface area contributed by atoms with Crippen molar-refractivity contribution in [3.8, 4) is 11.5 Å². The highest BCUT2D eigenvalue weighted by atomic mass is 35.5. The first kappa shape index (κ1) is 20.8. The van der Waals surface area contributed by atoms with Gasteiger partial charge in [0.2, 0.25) is 0 Å². The molecular weight excluding hydrogens is 352 g/mol. The quantitative estimate of drug-likeness (QED) is 0.742. The van der Waals surface area contributed by atoms with E-state index in [1.165, 1.54) is 0 Å². The number of amides is 1. The summed E-state index contributed by atoms with van der Waals surface area (Å²) in [6.07, 6.45) is 2.05. The van der Waals surface area contributed by atoms with Gasteiger partial charge in [-0.1, -0.05) is 32.4 Å². The number of rotatable bonds is 8. The van der Waals surface area contributed by atoms with E-state index in [-0.39, 0.29) is 5.91 Å². The zero-order valence-corrected chi connectivity index (χ0v) is 17.1. The second kappa shape index (κ2) is 10.0. The molecule has 0 aliphatic carbocycles. The number of methoxy groups -OCH3 is 1. The maximum absolute atomic E-state index is 12.9. The van der Waals surface area contributed by atoms with Crippen molar-refractivity contribution in [1.82, 2.24) is 10.2 Å². The second-order valence-electron chi connectivity index (χ2n) is 7.24. The van der Waals surface area contributed by atoms with Gasteiger partial charge in [0, 0.05) is 18.7 Å². The minimum absolute atomic E-state index is 0.00232. The number of carbonyl (C=O) groups excluding carboxylic acids is 1. The van der Waals surface area contributed by atoms with Crippen molar-refractivity contribution in [3.63, 3.8) is 0 Å². The Bertz CT molecular complexity index is 599. The number of nitrogens with one attached hydrogen (secondary N) is 1. The summed E-state index contributed by atoms with van der Waals surface area (Å²) < 4.78 is 11.2. The molecule has 1 aliphatic rings. The predicted molar refractivity (Wildman–Crippen MR) is 106 cm³/mol. The summed E-state index contributed by atoms with van der Waals surface area (Å²) in [5.74, 6) is 2.03. The van der Waals surface area contributed by atoms with Gasteiger partial charge in [0.15, 0.2) is 11.5 Å². The zero-order valence-electron chi connectivity index (χ0n) is 16.3. The number of likely N-dealkylation sites (tertiary alicyclic amines) is 1. The van der Waals surface area contributed by atoms with Crippen molar-refractivity contribution in [3.05, 3.63) is 22.7 Å². The van der Waals surface area contributed by atoms with E-state index >= 15 is 0 Å². The Morgan fingerprint density at radius 2 is 2.04 bits per heavy atom. The van der Waals surface area contributed by atoms with Crippen LogP contribution in [0.2, 0.25) is 5.02 Å². The van der Waals surface area contributed by atoms with Gasteiger partial charge in [-0.2, -0.15) is 0 Å². The molecule has 26 heavy (non-hydrogen) atoms. The number of piperidine rings is 1. The van der Waals surface area contributed by atoms with Gasteiger partial charge in [-0.15, -0.1) is 0 Å². The normalized spacial score (nSPS) is 15.4. The summed E-state index contributed by atoms with van der Waals surface area (Å²) in [6, 6.07) is 3.42. The molecule has 1 aromatic rings. The maximum atomic E-state index is 12.9. The highest BCUT2D eigenvalue weighted by molar-refractivity contribution is 6.32. The predicted octanol–water partition coefficient (Wildman–Crippen LogP) is 3.85. The first-order valence-electron chi connectivity index (χ1n) is 9.46. The molecule has 1 fully saturated rings. The summed E-state index contributed by atoms with van der Waals surface area (Å²) in [7, 11) is 1.56. The molecule has 146 valence electrons. The minimum Gasteiger partial charge on any atom is -0.493 e. The van der Waals surface area contributed by atoms with E-state index in [9.17, 15) is 4.79 Å². The molecule has 2 rings (SSSR count). The van der Waals surface area contributed by atoms with Crippen molar-refractivity contribution < 1.29 is 14.3 Å². The van der Waals surface area contributed by atoms with Crippen molar-refractivity contribution in [2.24, 2.45) is 11.8 Å². The topological polar surface area (TPSA) is 50.8 Å². The van der Waals surface area contributed by atoms with Crippen LogP contribution in [0.5, 0.6) is 11.5 Å². The number of carbonyl (C=O) groups is 1. The van der Waals surface area contributed by atoms with Crippen LogP contribution in [-0.2, 0) is 0 Å². The molecule has 1 N–H and O–H groups in total. The molecule has 5 nitrogen and oxygen atoms in total. The summed E-state index contributed by atoms with van der Waals surface area (Å²) >= 11 is 6.38. The lowest BCUT2D eigenvalue weighted by molar-refractivity contribution is 0.0690. The van der Waals surface area contributed by atoms with Crippen molar-refractivity contribution in [2.75, 3.05) is 39.9 Å². The maximum Gasteiger partial charge on any atom is 0.254 e. The number of ether oxygens (including phenoxy) is 2. The number of halogens is 1. The van der Waals surface area contributed by atoms with Crippen LogP contribution in [0.15, 0.2) is 12.1 Å². The van der Waals surface area contributed by atoms with E-state index in [4.69, 9.17) is 21.1 Å². The molecule has 0 unspecified atom stereocenters. The second-order valence-corrected chi connectivity index (χ2v) is 7.64. The third-order valence-corrected chi connectivity index (χ3v) is 4.90. The van der Waals surface area contributed by atoms with Gasteiger partial charge in [-0.3, -0.25) is 4.79 Å². The Hall–Kier alpha value is -1.46. The van der Waals surface area contributed by atoms with Gasteiger partial charge < -0.3 is 19.7 Å². The van der Waals surface area contributed by atoms with E-state index in [1.54, 1.807) is 19.2 Å². The number of benzene rings is 1. The zero-order chi connectivity index (χ0) is 19.1. The Balaban J connectivity index is 2.06. The third-order valence-electron chi connectivity index (χ3n) is 4.62. The summed E-state index contributed by atoms with van der Waals surface area (Å²) in [6.45, 7) is 10.4. The first-order chi connectivity index (χ1) is 12.5. The van der Waals surface area contributed by atoms with E-state index < -0.39 is 0 Å². The van der Waals surface area contributed by atoms with Gasteiger partial charge in [-0.05, 0) is 49.9 Å². The lowest BCUT2D eigenvalue weighted by Crippen LogP contribution is -2.40.